The van der Waals surface area contributed by atoms with Crippen LogP contribution in [0.4, 0.5) is 11.4 Å². The van der Waals surface area contributed by atoms with E-state index in [-0.39, 0.29) is 5.75 Å². The molecule has 0 spiro atoms. The maximum atomic E-state index is 11.9. The minimum atomic E-state index is -3.33. The lowest BCUT2D eigenvalue weighted by molar-refractivity contribution is 0.340. The lowest BCUT2D eigenvalue weighted by Crippen LogP contribution is -2.14. The smallest absolute Gasteiger partial charge is 0.232 e. The van der Waals surface area contributed by atoms with Crippen LogP contribution >= 0.6 is 0 Å². The molecule has 0 atom stereocenters. The molecular formula is C20H25N3O3S. The molecule has 2 aromatic carbocycles. The molecular weight excluding hydrogens is 362 g/mol. The largest absolute Gasteiger partial charge is 0.494 e. The van der Waals surface area contributed by atoms with Gasteiger partial charge in [-0.2, -0.15) is 0 Å². The average molecular weight is 388 g/mol. The van der Waals surface area contributed by atoms with Crippen molar-refractivity contribution in [1.82, 2.24) is 4.57 Å². The highest BCUT2D eigenvalue weighted by atomic mass is 32.2. The van der Waals surface area contributed by atoms with Gasteiger partial charge in [-0.1, -0.05) is 0 Å². The fourth-order valence-electron chi connectivity index (χ4n) is 3.21. The number of nitrogen functional groups attached to an aromatic ring is 1. The predicted octanol–water partition coefficient (Wildman–Crippen LogP) is 4.07. The second kappa shape index (κ2) is 7.52. The first-order valence-electron chi connectivity index (χ1n) is 9.05. The van der Waals surface area contributed by atoms with Crippen molar-refractivity contribution in [1.29, 1.82) is 0 Å². The first kappa shape index (κ1) is 19.1. The number of fused-ring (bicyclic) bond motifs is 1. The topological polar surface area (TPSA) is 86.3 Å². The van der Waals surface area contributed by atoms with E-state index < -0.39 is 10.0 Å². The van der Waals surface area contributed by atoms with Crippen LogP contribution in [-0.2, 0) is 16.6 Å². The van der Waals surface area contributed by atoms with Gasteiger partial charge < -0.3 is 15.0 Å². The Hall–Kier alpha value is -2.67. The highest BCUT2D eigenvalue weighted by molar-refractivity contribution is 7.92. The first-order valence-corrected chi connectivity index (χ1v) is 10.7. The van der Waals surface area contributed by atoms with Gasteiger partial charge in [-0.3, -0.25) is 4.72 Å². The number of anilines is 2. The van der Waals surface area contributed by atoms with Gasteiger partial charge >= 0.3 is 0 Å². The summed E-state index contributed by atoms with van der Waals surface area (Å²) < 4.78 is 34.0. The molecule has 0 radical (unpaired) electrons. The second-order valence-electron chi connectivity index (χ2n) is 6.20. The van der Waals surface area contributed by atoms with Gasteiger partial charge in [0, 0.05) is 17.5 Å². The van der Waals surface area contributed by atoms with Gasteiger partial charge in [-0.05, 0) is 63.2 Å². The molecule has 6 nitrogen and oxygen atoms in total. The maximum absolute atomic E-state index is 11.9. The number of nitrogens with zero attached hydrogens (tertiary/aromatic N) is 1. The van der Waals surface area contributed by atoms with Crippen molar-refractivity contribution >= 4 is 32.3 Å². The number of nitrogens with two attached hydrogens (primary N) is 1. The lowest BCUT2D eigenvalue weighted by atomic mass is 10.1. The number of sulfonamides is 1. The molecule has 0 saturated carbocycles. The number of hydrogen-bond acceptors (Lipinski definition) is 4. The van der Waals surface area contributed by atoms with Crippen molar-refractivity contribution in [2.45, 2.75) is 27.3 Å². The van der Waals surface area contributed by atoms with Crippen molar-refractivity contribution in [2.75, 3.05) is 22.8 Å². The zero-order valence-corrected chi connectivity index (χ0v) is 16.6. The van der Waals surface area contributed by atoms with E-state index in [1.807, 2.05) is 50.2 Å². The van der Waals surface area contributed by atoms with Crippen molar-refractivity contribution in [2.24, 2.45) is 0 Å². The van der Waals surface area contributed by atoms with Crippen LogP contribution in [0.25, 0.3) is 22.2 Å². The van der Waals surface area contributed by atoms with E-state index in [9.17, 15) is 8.42 Å². The van der Waals surface area contributed by atoms with Crippen LogP contribution in [0.2, 0.25) is 0 Å². The van der Waals surface area contributed by atoms with E-state index in [0.29, 0.717) is 24.5 Å². The Morgan fingerprint density at radius 1 is 1.07 bits per heavy atom. The molecule has 144 valence electrons. The molecule has 3 aromatic rings. The van der Waals surface area contributed by atoms with Crippen molar-refractivity contribution in [3.63, 3.8) is 0 Å². The van der Waals surface area contributed by atoms with Crippen LogP contribution < -0.4 is 15.2 Å². The van der Waals surface area contributed by atoms with Crippen LogP contribution in [0, 0.1) is 0 Å². The zero-order chi connectivity index (χ0) is 19.6. The number of hydrogen-bond donors (Lipinski definition) is 2. The van der Waals surface area contributed by atoms with Gasteiger partial charge in [-0.25, -0.2) is 8.42 Å². The van der Waals surface area contributed by atoms with Gasteiger partial charge in [-0.15, -0.1) is 0 Å². The Bertz CT molecular complexity index is 1050. The molecule has 1 heterocycles. The van der Waals surface area contributed by atoms with E-state index in [1.54, 1.807) is 13.0 Å². The summed E-state index contributed by atoms with van der Waals surface area (Å²) in [6, 6.07) is 13.3. The summed E-state index contributed by atoms with van der Waals surface area (Å²) in [6.07, 6.45) is 0. The van der Waals surface area contributed by atoms with E-state index in [1.165, 1.54) is 0 Å². The average Bonchev–Trinajstić information content (AvgIpc) is 2.93. The van der Waals surface area contributed by atoms with E-state index in [0.717, 1.165) is 27.9 Å². The molecule has 27 heavy (non-hydrogen) atoms. The highest BCUT2D eigenvalue weighted by Crippen LogP contribution is 2.37. The zero-order valence-electron chi connectivity index (χ0n) is 15.8. The van der Waals surface area contributed by atoms with Crippen LogP contribution in [-0.4, -0.2) is 25.3 Å². The fraction of sp³-hybridized carbons (Fsp3) is 0.300. The Labute approximate surface area is 160 Å². The summed E-state index contributed by atoms with van der Waals surface area (Å²) in [4.78, 5) is 0. The molecule has 0 unspecified atom stereocenters. The SMILES string of the molecule is CCOc1ccc(-c2c(N)c3ccc(NS(=O)(=O)CC)cc3n2CC)cc1. The third kappa shape index (κ3) is 3.73. The molecule has 3 N–H and O–H groups in total. The first-order chi connectivity index (χ1) is 12.9. The third-order valence-electron chi connectivity index (χ3n) is 4.51. The minimum Gasteiger partial charge on any atom is -0.494 e. The summed E-state index contributed by atoms with van der Waals surface area (Å²) in [5.41, 5.74) is 10.5. The quantitative estimate of drug-likeness (QED) is 0.640. The molecule has 1 aromatic heterocycles. The van der Waals surface area contributed by atoms with Gasteiger partial charge in [0.15, 0.2) is 0 Å². The Kier molecular flexibility index (Phi) is 5.32. The Morgan fingerprint density at radius 3 is 2.37 bits per heavy atom. The summed E-state index contributed by atoms with van der Waals surface area (Å²) in [5.74, 6) is 0.842. The predicted molar refractivity (Wildman–Crippen MR) is 112 cm³/mol. The molecule has 0 saturated heterocycles. The summed E-state index contributed by atoms with van der Waals surface area (Å²) in [6.45, 7) is 6.93. The lowest BCUT2D eigenvalue weighted by Gasteiger charge is -2.11. The number of rotatable bonds is 7. The number of nitrogens with one attached hydrogen (secondary N) is 1. The molecule has 0 amide bonds. The van der Waals surface area contributed by atoms with Crippen LogP contribution in [0.1, 0.15) is 20.8 Å². The van der Waals surface area contributed by atoms with Gasteiger partial charge in [0.1, 0.15) is 5.75 Å². The van der Waals surface area contributed by atoms with Gasteiger partial charge in [0.05, 0.1) is 34.9 Å². The van der Waals surface area contributed by atoms with E-state index in [4.69, 9.17) is 10.5 Å². The van der Waals surface area contributed by atoms with E-state index in [2.05, 4.69) is 9.29 Å². The van der Waals surface area contributed by atoms with E-state index >= 15 is 0 Å². The number of benzene rings is 2. The molecule has 0 aliphatic carbocycles. The van der Waals surface area contributed by atoms with Crippen LogP contribution in [0.3, 0.4) is 0 Å². The maximum Gasteiger partial charge on any atom is 0.232 e. The molecule has 0 aliphatic rings. The number of aromatic nitrogens is 1. The molecule has 0 bridgehead atoms. The summed E-state index contributed by atoms with van der Waals surface area (Å²) >= 11 is 0. The van der Waals surface area contributed by atoms with Gasteiger partial charge in [0.25, 0.3) is 0 Å². The van der Waals surface area contributed by atoms with Crippen LogP contribution in [0.5, 0.6) is 5.75 Å². The standard InChI is InChI=1S/C20H25N3O3S/c1-4-23-18-13-15(22-27(24,25)6-3)9-12-17(18)19(21)20(23)14-7-10-16(11-8-14)26-5-2/h7-13,22H,4-6,21H2,1-3H3. The Balaban J connectivity index is 2.12. The summed E-state index contributed by atoms with van der Waals surface area (Å²) in [7, 11) is -3.33. The fourth-order valence-corrected chi connectivity index (χ4v) is 3.84. The molecule has 0 aliphatic heterocycles. The second-order valence-corrected chi connectivity index (χ2v) is 8.21. The normalized spacial score (nSPS) is 11.7. The third-order valence-corrected chi connectivity index (χ3v) is 5.82. The highest BCUT2D eigenvalue weighted by Gasteiger charge is 2.17. The number of ether oxygens (including phenoxy) is 1. The van der Waals surface area contributed by atoms with Crippen molar-refractivity contribution < 1.29 is 13.2 Å². The Morgan fingerprint density at radius 2 is 1.78 bits per heavy atom. The molecule has 7 heteroatoms. The summed E-state index contributed by atoms with van der Waals surface area (Å²) in [5, 5.41) is 0.903. The monoisotopic (exact) mass is 387 g/mol. The van der Waals surface area contributed by atoms with Crippen molar-refractivity contribution in [3.8, 4) is 17.0 Å². The number of aryl methyl sites for hydroxylation is 1. The van der Waals surface area contributed by atoms with Gasteiger partial charge in [0.2, 0.25) is 10.0 Å². The van der Waals surface area contributed by atoms with Crippen molar-refractivity contribution in [3.05, 3.63) is 42.5 Å². The molecule has 3 rings (SSSR count). The molecule has 0 fully saturated rings. The minimum absolute atomic E-state index is 0.0272. The van der Waals surface area contributed by atoms with Crippen LogP contribution in [0.15, 0.2) is 42.5 Å².